The van der Waals surface area contributed by atoms with E-state index >= 15 is 0 Å². The standard InChI is InChI=1S/C26H12Br4N2S4/c1-9-3-15(27)13(7-31-9)21-19(29)25-23(35-21)11-5-18-12(6-17(11)33-25)24-26(34-18)20(30)22(36-24)14-8-32-10(2)4-16(14)28/h3-8H,1-2H3. The van der Waals surface area contributed by atoms with Crippen molar-refractivity contribution in [1.29, 1.82) is 0 Å². The Bertz CT molecular complexity index is 1880. The Morgan fingerprint density at radius 2 is 0.972 bits per heavy atom. The number of pyridine rings is 2. The van der Waals surface area contributed by atoms with Gasteiger partial charge >= 0.3 is 0 Å². The average Bonchev–Trinajstić information content (AvgIpc) is 3.54. The minimum atomic E-state index is 1.01. The zero-order chi connectivity index (χ0) is 24.9. The molecule has 6 heterocycles. The molecule has 7 rings (SSSR count). The van der Waals surface area contributed by atoms with Crippen molar-refractivity contribution in [3.8, 4) is 20.9 Å². The predicted octanol–water partition coefficient (Wildman–Crippen LogP) is 12.3. The summed E-state index contributed by atoms with van der Waals surface area (Å²) in [4.78, 5) is 11.5. The molecule has 36 heavy (non-hydrogen) atoms. The lowest BCUT2D eigenvalue weighted by molar-refractivity contribution is 1.20. The van der Waals surface area contributed by atoms with E-state index in [1.165, 1.54) is 48.7 Å². The minimum Gasteiger partial charge on any atom is -0.261 e. The smallest absolute Gasteiger partial charge is 0.0612 e. The zero-order valence-electron chi connectivity index (χ0n) is 18.5. The summed E-state index contributed by atoms with van der Waals surface area (Å²) in [7, 11) is 0. The molecule has 0 radical (unpaired) electrons. The molecule has 10 heteroatoms. The van der Waals surface area contributed by atoms with E-state index in [-0.39, 0.29) is 0 Å². The van der Waals surface area contributed by atoms with Crippen molar-refractivity contribution in [2.75, 3.05) is 0 Å². The van der Waals surface area contributed by atoms with Gasteiger partial charge in [-0.1, -0.05) is 31.9 Å². The predicted molar refractivity (Wildman–Crippen MR) is 175 cm³/mol. The third-order valence-corrected chi connectivity index (χ3v) is 15.1. The summed E-state index contributed by atoms with van der Waals surface area (Å²) >= 11 is 22.7. The van der Waals surface area contributed by atoms with Crippen LogP contribution in [0, 0.1) is 13.8 Å². The number of aromatic nitrogens is 2. The molecule has 0 bridgehead atoms. The van der Waals surface area contributed by atoms with E-state index < -0.39 is 0 Å². The van der Waals surface area contributed by atoms with Crippen molar-refractivity contribution in [2.45, 2.75) is 13.8 Å². The van der Waals surface area contributed by atoms with Gasteiger partial charge in [0.1, 0.15) is 0 Å². The fourth-order valence-corrected chi connectivity index (χ4v) is 13.1. The van der Waals surface area contributed by atoms with Crippen molar-refractivity contribution in [1.82, 2.24) is 9.97 Å². The zero-order valence-corrected chi connectivity index (χ0v) is 28.1. The second kappa shape index (κ2) is 8.91. The van der Waals surface area contributed by atoms with E-state index in [4.69, 9.17) is 0 Å². The number of hydrogen-bond acceptors (Lipinski definition) is 6. The lowest BCUT2D eigenvalue weighted by Gasteiger charge is -2.03. The average molecular weight is 800 g/mol. The summed E-state index contributed by atoms with van der Waals surface area (Å²) in [5.74, 6) is 0. The number of benzene rings is 1. The number of thiophene rings is 4. The van der Waals surface area contributed by atoms with Gasteiger partial charge in [-0.05, 0) is 70.0 Å². The second-order valence-corrected chi connectivity index (χ2v) is 15.9. The molecule has 0 N–H and O–H groups in total. The number of aryl methyl sites for hydroxylation is 2. The highest BCUT2D eigenvalue weighted by molar-refractivity contribution is 9.11. The fourth-order valence-electron chi connectivity index (χ4n) is 4.37. The van der Waals surface area contributed by atoms with Crippen LogP contribution in [0.3, 0.4) is 0 Å². The number of nitrogens with zero attached hydrogens (tertiary/aromatic N) is 2. The van der Waals surface area contributed by atoms with Crippen molar-refractivity contribution >= 4 is 148 Å². The van der Waals surface area contributed by atoms with Crippen molar-refractivity contribution in [3.63, 3.8) is 0 Å². The molecule has 0 fully saturated rings. The van der Waals surface area contributed by atoms with Gasteiger partial charge in [0.15, 0.2) is 0 Å². The highest BCUT2D eigenvalue weighted by atomic mass is 79.9. The van der Waals surface area contributed by atoms with E-state index in [2.05, 4.69) is 98.0 Å². The molecule has 0 amide bonds. The van der Waals surface area contributed by atoms with Crippen LogP contribution in [0.1, 0.15) is 11.4 Å². The maximum atomic E-state index is 4.53. The molecule has 0 spiro atoms. The first-order chi connectivity index (χ1) is 17.3. The Labute approximate surface area is 255 Å². The van der Waals surface area contributed by atoms with Crippen molar-refractivity contribution in [3.05, 3.63) is 65.9 Å². The van der Waals surface area contributed by atoms with E-state index in [0.717, 1.165) is 40.4 Å². The van der Waals surface area contributed by atoms with Crippen LogP contribution in [-0.2, 0) is 0 Å². The maximum Gasteiger partial charge on any atom is 0.0612 e. The number of halogens is 4. The lowest BCUT2D eigenvalue weighted by Crippen LogP contribution is -1.83. The maximum absolute atomic E-state index is 4.53. The Kier molecular flexibility index (Phi) is 6.02. The lowest BCUT2D eigenvalue weighted by atomic mass is 10.2. The largest absolute Gasteiger partial charge is 0.261 e. The topological polar surface area (TPSA) is 25.8 Å². The molecule has 0 aliphatic heterocycles. The summed E-state index contributed by atoms with van der Waals surface area (Å²) in [6.07, 6.45) is 3.93. The van der Waals surface area contributed by atoms with Gasteiger partial charge in [0.05, 0.1) is 37.5 Å². The van der Waals surface area contributed by atoms with Crippen LogP contribution in [0.5, 0.6) is 0 Å². The van der Waals surface area contributed by atoms with E-state index in [9.17, 15) is 0 Å². The first-order valence-electron chi connectivity index (χ1n) is 10.7. The van der Waals surface area contributed by atoms with E-state index in [0.29, 0.717) is 0 Å². The monoisotopic (exact) mass is 796 g/mol. The third kappa shape index (κ3) is 3.66. The van der Waals surface area contributed by atoms with Gasteiger partial charge in [-0.15, -0.1) is 45.3 Å². The highest BCUT2D eigenvalue weighted by Gasteiger charge is 2.22. The van der Waals surface area contributed by atoms with Gasteiger partial charge < -0.3 is 0 Å². The summed E-state index contributed by atoms with van der Waals surface area (Å²) in [5.41, 5.74) is 4.26. The normalized spacial score (nSPS) is 12.2. The first kappa shape index (κ1) is 24.3. The summed E-state index contributed by atoms with van der Waals surface area (Å²) in [6.45, 7) is 4.03. The minimum absolute atomic E-state index is 1.01. The molecule has 178 valence electrons. The molecule has 0 unspecified atom stereocenters. The van der Waals surface area contributed by atoms with Gasteiger partial charge in [0.25, 0.3) is 0 Å². The summed E-state index contributed by atoms with van der Waals surface area (Å²) in [5, 5.41) is 2.65. The molecule has 0 atom stereocenters. The molecule has 1 aromatic carbocycles. The van der Waals surface area contributed by atoms with Gasteiger partial charge in [-0.3, -0.25) is 9.97 Å². The van der Waals surface area contributed by atoms with Gasteiger partial charge in [-0.25, -0.2) is 0 Å². The van der Waals surface area contributed by atoms with Crippen LogP contribution in [0.2, 0.25) is 0 Å². The number of hydrogen-bond donors (Lipinski definition) is 0. The Hall–Kier alpha value is -0.720. The SMILES string of the molecule is Cc1cc(Br)c(-c2sc3c(sc4cc5c(cc43)sc3c(Br)c(-c4cnc(C)cc4Br)sc35)c2Br)cn1. The summed E-state index contributed by atoms with van der Waals surface area (Å²) in [6, 6.07) is 8.91. The van der Waals surface area contributed by atoms with Gasteiger partial charge in [0.2, 0.25) is 0 Å². The molecular formula is C26H12Br4N2S4. The molecule has 2 nitrogen and oxygen atoms in total. The van der Waals surface area contributed by atoms with Crippen molar-refractivity contribution in [2.24, 2.45) is 0 Å². The molecule has 6 aromatic heterocycles. The Balaban J connectivity index is 1.43. The van der Waals surface area contributed by atoms with Crippen LogP contribution in [-0.4, -0.2) is 9.97 Å². The van der Waals surface area contributed by atoms with E-state index in [1.807, 2.05) is 71.6 Å². The Morgan fingerprint density at radius 1 is 0.556 bits per heavy atom. The highest BCUT2D eigenvalue weighted by Crippen LogP contribution is 2.54. The molecule has 0 aliphatic carbocycles. The third-order valence-electron chi connectivity index (χ3n) is 6.08. The molecule has 0 saturated carbocycles. The van der Waals surface area contributed by atoms with Gasteiger partial charge in [-0.2, -0.15) is 0 Å². The second-order valence-electron chi connectivity index (χ2n) is 8.47. The molecular weight excluding hydrogens is 788 g/mol. The van der Waals surface area contributed by atoms with Crippen molar-refractivity contribution < 1.29 is 0 Å². The molecule has 7 aromatic rings. The van der Waals surface area contributed by atoms with Crippen LogP contribution in [0.25, 0.3) is 59.9 Å². The Morgan fingerprint density at radius 3 is 1.36 bits per heavy atom. The quantitative estimate of drug-likeness (QED) is 0.174. The summed E-state index contributed by atoms with van der Waals surface area (Å²) < 4.78 is 12.4. The fraction of sp³-hybridized carbons (Fsp3) is 0.0769. The van der Waals surface area contributed by atoms with Crippen LogP contribution < -0.4 is 0 Å². The molecule has 0 aliphatic rings. The number of fused-ring (bicyclic) bond motifs is 6. The van der Waals surface area contributed by atoms with E-state index in [1.54, 1.807) is 0 Å². The first-order valence-corrected chi connectivity index (χ1v) is 17.2. The molecule has 0 saturated heterocycles. The van der Waals surface area contributed by atoms with Crippen LogP contribution in [0.15, 0.2) is 54.6 Å². The van der Waals surface area contributed by atoms with Crippen LogP contribution >= 0.6 is 109 Å². The van der Waals surface area contributed by atoms with Crippen LogP contribution in [0.4, 0.5) is 0 Å². The number of rotatable bonds is 2. The van der Waals surface area contributed by atoms with Gasteiger partial charge in [0, 0.05) is 64.0 Å².